The zero-order valence-corrected chi connectivity index (χ0v) is 10.7. The van der Waals surface area contributed by atoms with Crippen LogP contribution in [0, 0.1) is 0 Å². The molecule has 0 radical (unpaired) electrons. The topological polar surface area (TPSA) is 79.5 Å². The summed E-state index contributed by atoms with van der Waals surface area (Å²) in [5.41, 5.74) is -0.953. The first kappa shape index (κ1) is 13.6. The number of nitrogens with zero attached hydrogens (tertiary/aromatic N) is 3. The van der Waals surface area contributed by atoms with E-state index in [1.807, 2.05) is 6.92 Å². The molecule has 17 heavy (non-hydrogen) atoms. The number of likely N-dealkylation sites (N-methyl/N-ethyl adjacent to an activating group) is 1. The third-order valence-electron chi connectivity index (χ3n) is 2.83. The Morgan fingerprint density at radius 2 is 2.18 bits per heavy atom. The lowest BCUT2D eigenvalue weighted by Gasteiger charge is -2.30. The van der Waals surface area contributed by atoms with Crippen molar-refractivity contribution in [2.45, 2.75) is 45.7 Å². The standard InChI is InChI=1S/C11H19N3O3/c1-5-6-9-12-8(13-17-9)7-14(4)11(2,3)10(15)16/h5-7H2,1-4H3,(H,15,16). The number of aliphatic carboxylic acids is 1. The molecule has 0 amide bonds. The Labute approximate surface area is 101 Å². The number of rotatable bonds is 6. The highest BCUT2D eigenvalue weighted by Gasteiger charge is 2.32. The lowest BCUT2D eigenvalue weighted by molar-refractivity contribution is -0.148. The number of aromatic nitrogens is 2. The smallest absolute Gasteiger partial charge is 0.323 e. The Morgan fingerprint density at radius 3 is 2.71 bits per heavy atom. The first-order valence-corrected chi connectivity index (χ1v) is 5.64. The van der Waals surface area contributed by atoms with E-state index >= 15 is 0 Å². The summed E-state index contributed by atoms with van der Waals surface area (Å²) in [6, 6.07) is 0. The van der Waals surface area contributed by atoms with Crippen LogP contribution in [0.15, 0.2) is 4.52 Å². The molecule has 1 heterocycles. The van der Waals surface area contributed by atoms with E-state index < -0.39 is 11.5 Å². The number of carboxylic acids is 1. The molecule has 1 N–H and O–H groups in total. The van der Waals surface area contributed by atoms with Crippen LogP contribution < -0.4 is 0 Å². The summed E-state index contributed by atoms with van der Waals surface area (Å²) in [6.45, 7) is 5.67. The summed E-state index contributed by atoms with van der Waals surface area (Å²) in [5, 5.41) is 12.9. The molecule has 0 saturated carbocycles. The van der Waals surface area contributed by atoms with Gasteiger partial charge in [0.2, 0.25) is 5.89 Å². The van der Waals surface area contributed by atoms with Gasteiger partial charge in [-0.1, -0.05) is 12.1 Å². The Bertz CT molecular complexity index is 387. The second-order valence-electron chi connectivity index (χ2n) is 4.57. The Balaban J connectivity index is 2.67. The molecule has 0 unspecified atom stereocenters. The zero-order chi connectivity index (χ0) is 13.1. The molecule has 0 fully saturated rings. The van der Waals surface area contributed by atoms with Gasteiger partial charge in [0.1, 0.15) is 5.54 Å². The van der Waals surface area contributed by atoms with Crippen molar-refractivity contribution in [3.8, 4) is 0 Å². The average Bonchev–Trinajstić information content (AvgIpc) is 2.65. The number of carboxylic acid groups (broad SMARTS) is 1. The van der Waals surface area contributed by atoms with Crippen LogP contribution in [0.4, 0.5) is 0 Å². The molecule has 6 nitrogen and oxygen atoms in total. The highest BCUT2D eigenvalue weighted by Crippen LogP contribution is 2.15. The molecule has 1 rings (SSSR count). The van der Waals surface area contributed by atoms with Gasteiger partial charge in [0.15, 0.2) is 5.82 Å². The Hall–Kier alpha value is -1.43. The second kappa shape index (κ2) is 5.27. The molecule has 0 aliphatic rings. The minimum Gasteiger partial charge on any atom is -0.480 e. The van der Waals surface area contributed by atoms with Crippen LogP contribution in [0.3, 0.4) is 0 Å². The van der Waals surface area contributed by atoms with E-state index in [2.05, 4.69) is 10.1 Å². The monoisotopic (exact) mass is 241 g/mol. The molecule has 1 aromatic rings. The van der Waals surface area contributed by atoms with Crippen molar-refractivity contribution in [3.63, 3.8) is 0 Å². The predicted molar refractivity (Wildman–Crippen MR) is 61.5 cm³/mol. The van der Waals surface area contributed by atoms with Crippen LogP contribution in [0.1, 0.15) is 38.9 Å². The van der Waals surface area contributed by atoms with Crippen LogP contribution in [0.2, 0.25) is 0 Å². The summed E-state index contributed by atoms with van der Waals surface area (Å²) < 4.78 is 5.04. The van der Waals surface area contributed by atoms with Crippen LogP contribution >= 0.6 is 0 Å². The fourth-order valence-electron chi connectivity index (χ4n) is 1.24. The predicted octanol–water partition coefficient (Wildman–Crippen LogP) is 1.32. The normalized spacial score (nSPS) is 12.1. The van der Waals surface area contributed by atoms with Crippen LogP contribution in [-0.2, 0) is 17.8 Å². The van der Waals surface area contributed by atoms with E-state index in [1.54, 1.807) is 25.8 Å². The summed E-state index contributed by atoms with van der Waals surface area (Å²) in [4.78, 5) is 16.9. The van der Waals surface area contributed by atoms with Crippen LogP contribution in [0.25, 0.3) is 0 Å². The first-order chi connectivity index (χ1) is 7.87. The van der Waals surface area contributed by atoms with Crippen molar-refractivity contribution in [1.29, 1.82) is 0 Å². The van der Waals surface area contributed by atoms with E-state index in [9.17, 15) is 4.79 Å². The van der Waals surface area contributed by atoms with Gasteiger partial charge in [0, 0.05) is 6.42 Å². The molecule has 0 bridgehead atoms. The Kier molecular flexibility index (Phi) is 4.22. The molecule has 6 heteroatoms. The third-order valence-corrected chi connectivity index (χ3v) is 2.83. The van der Waals surface area contributed by atoms with E-state index in [4.69, 9.17) is 9.63 Å². The van der Waals surface area contributed by atoms with Crippen molar-refractivity contribution in [2.75, 3.05) is 7.05 Å². The average molecular weight is 241 g/mol. The maximum Gasteiger partial charge on any atom is 0.323 e. The molecule has 0 aromatic carbocycles. The summed E-state index contributed by atoms with van der Waals surface area (Å²) in [6.07, 6.45) is 1.69. The van der Waals surface area contributed by atoms with E-state index in [0.29, 0.717) is 18.3 Å². The number of hydrogen-bond donors (Lipinski definition) is 1. The number of carbonyl (C=O) groups is 1. The van der Waals surface area contributed by atoms with Crippen LogP contribution in [-0.4, -0.2) is 38.7 Å². The van der Waals surface area contributed by atoms with E-state index in [1.165, 1.54) is 0 Å². The van der Waals surface area contributed by atoms with Gasteiger partial charge in [-0.05, 0) is 27.3 Å². The maximum absolute atomic E-state index is 11.1. The van der Waals surface area contributed by atoms with Gasteiger partial charge in [-0.15, -0.1) is 0 Å². The van der Waals surface area contributed by atoms with Gasteiger partial charge in [-0.25, -0.2) is 0 Å². The first-order valence-electron chi connectivity index (χ1n) is 5.64. The fraction of sp³-hybridized carbons (Fsp3) is 0.727. The van der Waals surface area contributed by atoms with Crippen molar-refractivity contribution < 1.29 is 14.4 Å². The van der Waals surface area contributed by atoms with Crippen molar-refractivity contribution in [3.05, 3.63) is 11.7 Å². The third kappa shape index (κ3) is 3.26. The molecule has 0 aliphatic carbocycles. The van der Waals surface area contributed by atoms with Gasteiger partial charge >= 0.3 is 5.97 Å². The van der Waals surface area contributed by atoms with Gasteiger partial charge in [0.05, 0.1) is 6.54 Å². The molecule has 1 aromatic heterocycles. The lowest BCUT2D eigenvalue weighted by Crippen LogP contribution is -2.47. The molecule has 0 spiro atoms. The Morgan fingerprint density at radius 1 is 1.53 bits per heavy atom. The molecule has 0 aliphatic heterocycles. The molecule has 96 valence electrons. The number of aryl methyl sites for hydroxylation is 1. The van der Waals surface area contributed by atoms with Crippen molar-refractivity contribution in [1.82, 2.24) is 15.0 Å². The largest absolute Gasteiger partial charge is 0.480 e. The van der Waals surface area contributed by atoms with E-state index in [-0.39, 0.29) is 0 Å². The second-order valence-corrected chi connectivity index (χ2v) is 4.57. The van der Waals surface area contributed by atoms with Crippen molar-refractivity contribution in [2.24, 2.45) is 0 Å². The molecule has 0 saturated heterocycles. The van der Waals surface area contributed by atoms with Gasteiger partial charge in [-0.2, -0.15) is 4.98 Å². The van der Waals surface area contributed by atoms with Crippen LogP contribution in [0.5, 0.6) is 0 Å². The quantitative estimate of drug-likeness (QED) is 0.809. The highest BCUT2D eigenvalue weighted by atomic mass is 16.5. The van der Waals surface area contributed by atoms with Crippen molar-refractivity contribution >= 4 is 5.97 Å². The van der Waals surface area contributed by atoms with Gasteiger partial charge < -0.3 is 9.63 Å². The summed E-state index contributed by atoms with van der Waals surface area (Å²) in [7, 11) is 1.73. The zero-order valence-electron chi connectivity index (χ0n) is 10.7. The molecular formula is C11H19N3O3. The number of hydrogen-bond acceptors (Lipinski definition) is 5. The SMILES string of the molecule is CCCc1nc(CN(C)C(C)(C)C(=O)O)no1. The fourth-order valence-corrected chi connectivity index (χ4v) is 1.24. The highest BCUT2D eigenvalue weighted by molar-refractivity contribution is 5.77. The maximum atomic E-state index is 11.1. The lowest BCUT2D eigenvalue weighted by atomic mass is 10.0. The minimum absolute atomic E-state index is 0.354. The van der Waals surface area contributed by atoms with Gasteiger partial charge in [0.25, 0.3) is 0 Å². The minimum atomic E-state index is -0.953. The van der Waals surface area contributed by atoms with Gasteiger partial charge in [-0.3, -0.25) is 9.69 Å². The molecular weight excluding hydrogens is 222 g/mol. The van der Waals surface area contributed by atoms with E-state index in [0.717, 1.165) is 12.8 Å². The summed E-state index contributed by atoms with van der Waals surface area (Å²) in [5.74, 6) is 0.242. The molecule has 0 atom stereocenters. The summed E-state index contributed by atoms with van der Waals surface area (Å²) >= 11 is 0.